The molecule has 0 aromatic heterocycles. The third kappa shape index (κ3) is 7.48. The Bertz CT molecular complexity index is 847. The van der Waals surface area contributed by atoms with Crippen molar-refractivity contribution in [3.05, 3.63) is 58.7 Å². The summed E-state index contributed by atoms with van der Waals surface area (Å²) in [6.07, 6.45) is 7.62. The van der Waals surface area contributed by atoms with Crippen LogP contribution in [-0.2, 0) is 14.3 Å². The van der Waals surface area contributed by atoms with E-state index in [9.17, 15) is 20.1 Å². The van der Waals surface area contributed by atoms with Crippen LogP contribution in [0.2, 0.25) is 0 Å². The number of hydrogen-bond acceptors (Lipinski definition) is 6. The molecule has 0 radical (unpaired) electrons. The smallest absolute Gasteiger partial charge is 0.335 e. The Labute approximate surface area is 196 Å². The maximum atomic E-state index is 11.1. The fourth-order valence-corrected chi connectivity index (χ4v) is 4.16. The maximum absolute atomic E-state index is 11.1. The summed E-state index contributed by atoms with van der Waals surface area (Å²) in [7, 11) is 0. The first-order valence-electron chi connectivity index (χ1n) is 11.4. The van der Waals surface area contributed by atoms with Crippen LogP contribution in [0.1, 0.15) is 53.9 Å². The summed E-state index contributed by atoms with van der Waals surface area (Å²) in [5.41, 5.74) is 5.13. The molecule has 0 spiro atoms. The molecular formula is C26H38O7. The van der Waals surface area contributed by atoms with Crippen molar-refractivity contribution in [2.45, 2.75) is 84.6 Å². The summed E-state index contributed by atoms with van der Waals surface area (Å²) in [6.45, 7) is 10.8. The molecule has 5 atom stereocenters. The standard InChI is InChI=1S/C26H38O7/c1-16(11-12-19-18(3)10-7-14-26(19,4)5)8-6-9-17(2)13-15-32-25-22(29)20(27)21(28)23(33-25)24(30)31/h6,8-9,11-13,20-23,25,27-29H,7,10,14-15H2,1-5H3,(H,30,31). The lowest BCUT2D eigenvalue weighted by molar-refractivity contribution is -0.291. The second-order valence-corrected chi connectivity index (χ2v) is 9.55. The first kappa shape index (κ1) is 27.2. The van der Waals surface area contributed by atoms with E-state index in [1.165, 1.54) is 24.0 Å². The molecule has 4 N–H and O–H groups in total. The quantitative estimate of drug-likeness (QED) is 0.408. The number of rotatable bonds is 8. The lowest BCUT2D eigenvalue weighted by atomic mass is 9.72. The van der Waals surface area contributed by atoms with Gasteiger partial charge in [0.15, 0.2) is 12.4 Å². The summed E-state index contributed by atoms with van der Waals surface area (Å²) < 4.78 is 10.5. The van der Waals surface area contributed by atoms with Crippen molar-refractivity contribution in [1.82, 2.24) is 0 Å². The van der Waals surface area contributed by atoms with Crippen LogP contribution in [0.25, 0.3) is 0 Å². The highest BCUT2D eigenvalue weighted by Gasteiger charge is 2.47. The monoisotopic (exact) mass is 462 g/mol. The number of aliphatic hydroxyl groups excluding tert-OH is 3. The van der Waals surface area contributed by atoms with Crippen LogP contribution < -0.4 is 0 Å². The van der Waals surface area contributed by atoms with Crippen molar-refractivity contribution in [1.29, 1.82) is 0 Å². The predicted octanol–water partition coefficient (Wildman–Crippen LogP) is 3.43. The summed E-state index contributed by atoms with van der Waals surface area (Å²) in [5.74, 6) is -1.44. The highest BCUT2D eigenvalue weighted by Crippen LogP contribution is 2.40. The minimum atomic E-state index is -1.73. The summed E-state index contributed by atoms with van der Waals surface area (Å²) in [6, 6.07) is 0. The van der Waals surface area contributed by atoms with E-state index in [0.717, 1.165) is 17.6 Å². The van der Waals surface area contributed by atoms with E-state index in [0.29, 0.717) is 0 Å². The van der Waals surface area contributed by atoms with E-state index >= 15 is 0 Å². The molecule has 33 heavy (non-hydrogen) atoms. The molecule has 0 bridgehead atoms. The number of aliphatic hydroxyl groups is 3. The van der Waals surface area contributed by atoms with Gasteiger partial charge in [-0.25, -0.2) is 4.79 Å². The molecule has 5 unspecified atom stereocenters. The van der Waals surface area contributed by atoms with E-state index in [-0.39, 0.29) is 12.0 Å². The van der Waals surface area contributed by atoms with E-state index in [4.69, 9.17) is 14.6 Å². The van der Waals surface area contributed by atoms with Crippen molar-refractivity contribution < 1.29 is 34.7 Å². The summed E-state index contributed by atoms with van der Waals surface area (Å²) in [4.78, 5) is 11.1. The van der Waals surface area contributed by atoms with E-state index in [1.54, 1.807) is 6.08 Å². The molecule has 1 aliphatic carbocycles. The Hall–Kier alpha value is -2.03. The molecule has 1 saturated heterocycles. The van der Waals surface area contributed by atoms with Crippen molar-refractivity contribution in [2.24, 2.45) is 5.41 Å². The summed E-state index contributed by atoms with van der Waals surface area (Å²) >= 11 is 0. The molecule has 0 saturated carbocycles. The average Bonchev–Trinajstić information content (AvgIpc) is 2.72. The van der Waals surface area contributed by atoms with Crippen LogP contribution in [0.15, 0.2) is 58.7 Å². The molecule has 1 fully saturated rings. The number of aliphatic carboxylic acids is 1. The number of allylic oxidation sites excluding steroid dienone is 9. The Morgan fingerprint density at radius 1 is 1.12 bits per heavy atom. The molecular weight excluding hydrogens is 424 g/mol. The highest BCUT2D eigenvalue weighted by atomic mass is 16.7. The average molecular weight is 463 g/mol. The lowest BCUT2D eigenvalue weighted by Gasteiger charge is -2.38. The van der Waals surface area contributed by atoms with Crippen LogP contribution in [0, 0.1) is 5.41 Å². The Morgan fingerprint density at radius 3 is 2.45 bits per heavy atom. The Kier molecular flexibility index (Phi) is 9.82. The van der Waals surface area contributed by atoms with Gasteiger partial charge in [-0.1, -0.05) is 67.0 Å². The second kappa shape index (κ2) is 11.9. The van der Waals surface area contributed by atoms with Crippen molar-refractivity contribution in [2.75, 3.05) is 6.61 Å². The number of hydrogen-bond donors (Lipinski definition) is 4. The van der Waals surface area contributed by atoms with Crippen molar-refractivity contribution in [3.8, 4) is 0 Å². The van der Waals surface area contributed by atoms with E-state index in [1.807, 2.05) is 25.2 Å². The first-order chi connectivity index (χ1) is 15.4. The number of carboxylic acids is 1. The number of carbonyl (C=O) groups is 1. The topological polar surface area (TPSA) is 116 Å². The Morgan fingerprint density at radius 2 is 1.82 bits per heavy atom. The van der Waals surface area contributed by atoms with Crippen LogP contribution in [0.5, 0.6) is 0 Å². The van der Waals surface area contributed by atoms with Crippen LogP contribution in [-0.4, -0.2) is 63.7 Å². The molecule has 1 aliphatic heterocycles. The number of ether oxygens (including phenoxy) is 2. The zero-order valence-electron chi connectivity index (χ0n) is 20.2. The molecule has 184 valence electrons. The van der Waals surface area contributed by atoms with E-state index < -0.39 is 36.7 Å². The zero-order valence-corrected chi connectivity index (χ0v) is 20.2. The van der Waals surface area contributed by atoms with Gasteiger partial charge in [0.25, 0.3) is 0 Å². The van der Waals surface area contributed by atoms with Gasteiger partial charge in [-0.05, 0) is 51.0 Å². The normalized spacial score (nSPS) is 31.6. The third-order valence-electron chi connectivity index (χ3n) is 6.25. The van der Waals surface area contributed by atoms with Gasteiger partial charge in [0.2, 0.25) is 0 Å². The molecule has 2 aliphatic rings. The molecule has 7 nitrogen and oxygen atoms in total. The minimum Gasteiger partial charge on any atom is -0.479 e. The fraction of sp³-hybridized carbons (Fsp3) is 0.577. The van der Waals surface area contributed by atoms with Gasteiger partial charge in [-0.15, -0.1) is 0 Å². The van der Waals surface area contributed by atoms with Gasteiger partial charge in [-0.2, -0.15) is 0 Å². The summed E-state index contributed by atoms with van der Waals surface area (Å²) in [5, 5.41) is 38.5. The molecule has 0 amide bonds. The van der Waals surface area contributed by atoms with Crippen molar-refractivity contribution >= 4 is 5.97 Å². The van der Waals surface area contributed by atoms with Gasteiger partial charge in [-0.3, -0.25) is 0 Å². The minimum absolute atomic E-state index is 0.0398. The van der Waals surface area contributed by atoms with Crippen molar-refractivity contribution in [3.63, 3.8) is 0 Å². The lowest BCUT2D eigenvalue weighted by Crippen LogP contribution is -2.60. The van der Waals surface area contributed by atoms with Crippen LogP contribution in [0.4, 0.5) is 0 Å². The largest absolute Gasteiger partial charge is 0.479 e. The third-order valence-corrected chi connectivity index (χ3v) is 6.25. The van der Waals surface area contributed by atoms with Gasteiger partial charge >= 0.3 is 5.97 Å². The molecule has 0 aromatic rings. The zero-order chi connectivity index (χ0) is 24.8. The van der Waals surface area contributed by atoms with Crippen LogP contribution >= 0.6 is 0 Å². The van der Waals surface area contributed by atoms with Crippen LogP contribution in [0.3, 0.4) is 0 Å². The fourth-order valence-electron chi connectivity index (χ4n) is 4.16. The molecule has 7 heteroatoms. The van der Waals surface area contributed by atoms with E-state index in [2.05, 4.69) is 39.8 Å². The van der Waals surface area contributed by atoms with Gasteiger partial charge in [0.1, 0.15) is 18.3 Å². The van der Waals surface area contributed by atoms with Gasteiger partial charge in [0.05, 0.1) is 6.61 Å². The van der Waals surface area contributed by atoms with Gasteiger partial charge in [0, 0.05) is 0 Å². The van der Waals surface area contributed by atoms with Gasteiger partial charge < -0.3 is 29.9 Å². The predicted molar refractivity (Wildman–Crippen MR) is 126 cm³/mol. The SMILES string of the molecule is CC(C=CC1=C(C)CCCC1(C)C)=CC=CC(C)=CCOC1OC(C(=O)O)C(O)C(O)C1O. The molecule has 0 aromatic carbocycles. The highest BCUT2D eigenvalue weighted by molar-refractivity contribution is 5.73. The maximum Gasteiger partial charge on any atom is 0.335 e. The molecule has 2 rings (SSSR count). The number of carboxylic acid groups (broad SMARTS) is 1. The first-order valence-corrected chi connectivity index (χ1v) is 11.4. The Balaban J connectivity index is 1.90. The molecule has 1 heterocycles. The second-order valence-electron chi connectivity index (χ2n) is 9.55.